The van der Waals surface area contributed by atoms with Crippen LogP contribution in [0.5, 0.6) is 0 Å². The van der Waals surface area contributed by atoms with Gasteiger partial charge in [0.2, 0.25) is 5.91 Å². The zero-order valence-corrected chi connectivity index (χ0v) is 16.3. The second kappa shape index (κ2) is 9.34. The summed E-state index contributed by atoms with van der Waals surface area (Å²) in [7, 11) is 0. The summed E-state index contributed by atoms with van der Waals surface area (Å²) >= 11 is 1.34. The van der Waals surface area contributed by atoms with Gasteiger partial charge in [-0.25, -0.2) is 8.78 Å². The Hall–Kier alpha value is -3.19. The van der Waals surface area contributed by atoms with E-state index in [1.165, 1.54) is 54.2 Å². The van der Waals surface area contributed by atoms with Gasteiger partial charge < -0.3 is 10.6 Å². The van der Waals surface area contributed by atoms with Gasteiger partial charge in [0.15, 0.2) is 0 Å². The maximum absolute atomic E-state index is 13.7. The Morgan fingerprint density at radius 3 is 2.07 bits per heavy atom. The molecule has 3 rings (SSSR count). The fraction of sp³-hybridized carbons (Fsp3) is 0.0909. The second-order valence-electron chi connectivity index (χ2n) is 6.21. The Labute approximate surface area is 171 Å². The molecule has 2 amide bonds. The molecule has 3 aromatic rings. The van der Waals surface area contributed by atoms with E-state index in [1.807, 2.05) is 0 Å². The van der Waals surface area contributed by atoms with E-state index in [1.54, 1.807) is 37.3 Å². The van der Waals surface area contributed by atoms with Crippen molar-refractivity contribution in [1.82, 2.24) is 0 Å². The summed E-state index contributed by atoms with van der Waals surface area (Å²) in [5.41, 5.74) is 1.01. The molecule has 4 nitrogen and oxygen atoms in total. The van der Waals surface area contributed by atoms with Crippen LogP contribution in [0.3, 0.4) is 0 Å². The molecular formula is C22H18F2N2O2S. The molecule has 0 bridgehead atoms. The number of hydrogen-bond donors (Lipinski definition) is 2. The van der Waals surface area contributed by atoms with Gasteiger partial charge in [0.25, 0.3) is 5.91 Å². The van der Waals surface area contributed by atoms with Crippen LogP contribution in [0.2, 0.25) is 0 Å². The van der Waals surface area contributed by atoms with Crippen LogP contribution < -0.4 is 10.6 Å². The predicted molar refractivity (Wildman–Crippen MR) is 111 cm³/mol. The van der Waals surface area contributed by atoms with Crippen LogP contribution in [-0.4, -0.2) is 17.1 Å². The third-order valence-electron chi connectivity index (χ3n) is 4.02. The summed E-state index contributed by atoms with van der Waals surface area (Å²) in [6.45, 7) is 1.76. The van der Waals surface area contributed by atoms with Crippen molar-refractivity contribution in [2.75, 3.05) is 10.6 Å². The van der Waals surface area contributed by atoms with Gasteiger partial charge in [-0.2, -0.15) is 0 Å². The van der Waals surface area contributed by atoms with Gasteiger partial charge in [-0.15, -0.1) is 11.8 Å². The number of rotatable bonds is 6. The molecule has 0 fully saturated rings. The van der Waals surface area contributed by atoms with Gasteiger partial charge in [-0.05, 0) is 67.6 Å². The number of amides is 2. The number of thioether (sulfide) groups is 1. The van der Waals surface area contributed by atoms with Crippen molar-refractivity contribution in [2.45, 2.75) is 17.1 Å². The Balaban J connectivity index is 1.57. The van der Waals surface area contributed by atoms with Crippen LogP contribution in [0.1, 0.15) is 17.3 Å². The number of carbonyl (C=O) groups excluding carboxylic acids is 2. The number of halogens is 2. The minimum absolute atomic E-state index is 0.0305. The van der Waals surface area contributed by atoms with Crippen LogP contribution in [-0.2, 0) is 4.79 Å². The zero-order chi connectivity index (χ0) is 20.8. The van der Waals surface area contributed by atoms with Crippen molar-refractivity contribution in [2.24, 2.45) is 0 Å². The Bertz CT molecular complexity index is 1010. The third kappa shape index (κ3) is 5.65. The van der Waals surface area contributed by atoms with Gasteiger partial charge in [-0.3, -0.25) is 9.59 Å². The number of anilines is 2. The van der Waals surface area contributed by atoms with Crippen molar-refractivity contribution in [3.05, 3.63) is 90.0 Å². The minimum Gasteiger partial charge on any atom is -0.325 e. The number of benzene rings is 3. The summed E-state index contributed by atoms with van der Waals surface area (Å²) in [5.74, 6) is -1.69. The minimum atomic E-state index is -0.585. The predicted octanol–water partition coefficient (Wildman–Crippen LogP) is 5.34. The molecule has 0 saturated heterocycles. The molecule has 0 aliphatic rings. The van der Waals surface area contributed by atoms with Gasteiger partial charge in [0.1, 0.15) is 11.6 Å². The third-order valence-corrected chi connectivity index (χ3v) is 5.14. The molecule has 0 spiro atoms. The van der Waals surface area contributed by atoms with Crippen molar-refractivity contribution >= 4 is 35.0 Å². The van der Waals surface area contributed by atoms with Crippen molar-refractivity contribution in [3.8, 4) is 0 Å². The lowest BCUT2D eigenvalue weighted by Crippen LogP contribution is -2.22. The largest absolute Gasteiger partial charge is 0.325 e. The average molecular weight is 412 g/mol. The molecule has 1 unspecified atom stereocenters. The van der Waals surface area contributed by atoms with Crippen LogP contribution in [0.4, 0.5) is 20.2 Å². The first-order chi connectivity index (χ1) is 13.9. The molecule has 0 saturated carbocycles. The van der Waals surface area contributed by atoms with E-state index < -0.39 is 11.7 Å². The highest BCUT2D eigenvalue weighted by Gasteiger charge is 2.15. The molecule has 0 heterocycles. The maximum Gasteiger partial charge on any atom is 0.258 e. The molecule has 1 atom stereocenters. The molecule has 3 aromatic carbocycles. The molecule has 29 heavy (non-hydrogen) atoms. The van der Waals surface area contributed by atoms with E-state index in [0.717, 1.165) is 4.90 Å². The Morgan fingerprint density at radius 1 is 0.828 bits per heavy atom. The van der Waals surface area contributed by atoms with Crippen LogP contribution in [0.15, 0.2) is 77.7 Å². The van der Waals surface area contributed by atoms with E-state index in [0.29, 0.717) is 11.4 Å². The lowest BCUT2D eigenvalue weighted by molar-refractivity contribution is -0.115. The summed E-state index contributed by atoms with van der Waals surface area (Å²) in [5, 5.41) is 4.98. The molecule has 0 aliphatic heterocycles. The van der Waals surface area contributed by atoms with Crippen molar-refractivity contribution < 1.29 is 18.4 Å². The monoisotopic (exact) mass is 412 g/mol. The lowest BCUT2D eigenvalue weighted by atomic mass is 10.2. The van der Waals surface area contributed by atoms with Gasteiger partial charge in [0, 0.05) is 16.3 Å². The molecule has 148 valence electrons. The summed E-state index contributed by atoms with van der Waals surface area (Å²) in [6.07, 6.45) is 0. The average Bonchev–Trinajstić information content (AvgIpc) is 2.71. The zero-order valence-electron chi connectivity index (χ0n) is 15.5. The van der Waals surface area contributed by atoms with Crippen molar-refractivity contribution in [3.63, 3.8) is 0 Å². The molecule has 0 aliphatic carbocycles. The highest BCUT2D eigenvalue weighted by molar-refractivity contribution is 8.00. The van der Waals surface area contributed by atoms with E-state index >= 15 is 0 Å². The summed E-state index contributed by atoms with van der Waals surface area (Å²) in [4.78, 5) is 25.3. The Kier molecular flexibility index (Phi) is 6.61. The van der Waals surface area contributed by atoms with Crippen molar-refractivity contribution in [1.29, 1.82) is 0 Å². The molecular weight excluding hydrogens is 394 g/mol. The fourth-order valence-electron chi connectivity index (χ4n) is 2.50. The molecule has 7 heteroatoms. The first kappa shape index (κ1) is 20.5. The smallest absolute Gasteiger partial charge is 0.258 e. The summed E-state index contributed by atoms with van der Waals surface area (Å²) in [6, 6.07) is 18.2. The fourth-order valence-corrected chi connectivity index (χ4v) is 3.36. The van der Waals surface area contributed by atoms with Crippen LogP contribution >= 0.6 is 11.8 Å². The maximum atomic E-state index is 13.7. The van der Waals surface area contributed by atoms with E-state index in [9.17, 15) is 18.4 Å². The van der Waals surface area contributed by atoms with Crippen LogP contribution in [0, 0.1) is 11.6 Å². The highest BCUT2D eigenvalue weighted by Crippen LogP contribution is 2.26. The van der Waals surface area contributed by atoms with Crippen LogP contribution in [0.25, 0.3) is 0 Å². The first-order valence-corrected chi connectivity index (χ1v) is 9.69. The Morgan fingerprint density at radius 2 is 1.41 bits per heavy atom. The van der Waals surface area contributed by atoms with E-state index in [2.05, 4.69) is 10.6 Å². The SMILES string of the molecule is CC(Sc1ccc(NC(=O)c2ccccc2F)cc1)C(=O)Nc1ccc(F)cc1. The summed E-state index contributed by atoms with van der Waals surface area (Å²) < 4.78 is 26.6. The van der Waals surface area contributed by atoms with Gasteiger partial charge in [0.05, 0.1) is 10.8 Å². The first-order valence-electron chi connectivity index (χ1n) is 8.81. The topological polar surface area (TPSA) is 58.2 Å². The quantitative estimate of drug-likeness (QED) is 0.538. The lowest BCUT2D eigenvalue weighted by Gasteiger charge is -2.12. The van der Waals surface area contributed by atoms with Gasteiger partial charge >= 0.3 is 0 Å². The second-order valence-corrected chi connectivity index (χ2v) is 7.63. The van der Waals surface area contributed by atoms with Gasteiger partial charge in [-0.1, -0.05) is 12.1 Å². The number of nitrogens with one attached hydrogen (secondary N) is 2. The molecule has 0 radical (unpaired) electrons. The van der Waals surface area contributed by atoms with E-state index in [-0.39, 0.29) is 22.5 Å². The number of carbonyl (C=O) groups is 2. The highest BCUT2D eigenvalue weighted by atomic mass is 32.2. The standard InChI is InChI=1S/C22H18F2N2O2S/c1-14(21(27)25-16-8-6-15(23)7-9-16)29-18-12-10-17(11-13-18)26-22(28)19-4-2-3-5-20(19)24/h2-14H,1H3,(H,25,27)(H,26,28). The normalized spacial score (nSPS) is 11.6. The van der Waals surface area contributed by atoms with E-state index in [4.69, 9.17) is 0 Å². The molecule has 2 N–H and O–H groups in total. The number of hydrogen-bond acceptors (Lipinski definition) is 3. The molecule has 0 aromatic heterocycles.